The molecule has 2 N–H and O–H groups in total. The van der Waals surface area contributed by atoms with Crippen molar-refractivity contribution in [1.82, 2.24) is 15.5 Å². The largest absolute Gasteiger partial charge is 0.357 e. The lowest BCUT2D eigenvalue weighted by Gasteiger charge is -2.29. The number of guanidine groups is 1. The van der Waals surface area contributed by atoms with Crippen molar-refractivity contribution in [2.24, 2.45) is 16.8 Å². The summed E-state index contributed by atoms with van der Waals surface area (Å²) in [6.45, 7) is 8.95. The number of piperidine rings is 1. The van der Waals surface area contributed by atoms with Crippen LogP contribution in [0.4, 0.5) is 0 Å². The third-order valence-electron chi connectivity index (χ3n) is 5.35. The topological polar surface area (TPSA) is 39.7 Å². The Kier molecular flexibility index (Phi) is 10.5. The first-order valence-electron chi connectivity index (χ1n) is 9.40. The second kappa shape index (κ2) is 11.5. The van der Waals surface area contributed by atoms with E-state index in [1.54, 1.807) is 0 Å². The number of likely N-dealkylation sites (tertiary alicyclic amines) is 1. The molecule has 0 aromatic heterocycles. The van der Waals surface area contributed by atoms with E-state index in [0.29, 0.717) is 6.04 Å². The Bertz CT molecular complexity index is 332. The van der Waals surface area contributed by atoms with Crippen LogP contribution in [0.25, 0.3) is 0 Å². The van der Waals surface area contributed by atoms with Gasteiger partial charge in [-0.2, -0.15) is 0 Å². The van der Waals surface area contributed by atoms with Crippen molar-refractivity contribution in [2.75, 3.05) is 33.2 Å². The van der Waals surface area contributed by atoms with E-state index in [-0.39, 0.29) is 24.0 Å². The second-order valence-electron chi connectivity index (χ2n) is 7.40. The molecule has 4 nitrogen and oxygen atoms in total. The van der Waals surface area contributed by atoms with Crippen LogP contribution in [0.3, 0.4) is 0 Å². The van der Waals surface area contributed by atoms with Gasteiger partial charge in [0.15, 0.2) is 5.96 Å². The Morgan fingerprint density at radius 2 is 1.74 bits per heavy atom. The van der Waals surface area contributed by atoms with Gasteiger partial charge in [0.1, 0.15) is 0 Å². The summed E-state index contributed by atoms with van der Waals surface area (Å²) in [6, 6.07) is 0.623. The van der Waals surface area contributed by atoms with Crippen molar-refractivity contribution in [3.05, 3.63) is 0 Å². The molecule has 0 bridgehead atoms. The van der Waals surface area contributed by atoms with Gasteiger partial charge in [0.05, 0.1) is 0 Å². The Labute approximate surface area is 160 Å². The molecule has 1 heterocycles. The lowest BCUT2D eigenvalue weighted by atomic mass is 9.87. The van der Waals surface area contributed by atoms with Gasteiger partial charge in [-0.1, -0.05) is 6.92 Å². The Morgan fingerprint density at radius 1 is 1.09 bits per heavy atom. The number of nitrogens with one attached hydrogen (secondary N) is 2. The van der Waals surface area contributed by atoms with E-state index in [9.17, 15) is 0 Å². The number of nitrogens with zero attached hydrogens (tertiary/aromatic N) is 2. The Hall–Kier alpha value is -0.0400. The van der Waals surface area contributed by atoms with Crippen LogP contribution in [-0.4, -0.2) is 50.1 Å². The summed E-state index contributed by atoms with van der Waals surface area (Å²) < 4.78 is 0. The van der Waals surface area contributed by atoms with Crippen LogP contribution in [0.15, 0.2) is 4.99 Å². The lowest BCUT2D eigenvalue weighted by molar-refractivity contribution is 0.214. The first kappa shape index (κ1) is 21.0. The van der Waals surface area contributed by atoms with Crippen molar-refractivity contribution in [3.63, 3.8) is 0 Å². The van der Waals surface area contributed by atoms with Crippen LogP contribution in [0.1, 0.15) is 58.8 Å². The summed E-state index contributed by atoms with van der Waals surface area (Å²) in [5.74, 6) is 2.82. The molecule has 0 unspecified atom stereocenters. The molecule has 0 aromatic carbocycles. The molecule has 2 aliphatic rings. The first-order chi connectivity index (χ1) is 10.7. The average Bonchev–Trinajstić information content (AvgIpc) is 2.52. The summed E-state index contributed by atoms with van der Waals surface area (Å²) in [7, 11) is 2.23. The van der Waals surface area contributed by atoms with Gasteiger partial charge in [0.25, 0.3) is 0 Å². The summed E-state index contributed by atoms with van der Waals surface area (Å²) in [5.41, 5.74) is 0. The van der Waals surface area contributed by atoms with Crippen LogP contribution < -0.4 is 10.6 Å². The fraction of sp³-hybridized carbons (Fsp3) is 0.944. The third-order valence-corrected chi connectivity index (χ3v) is 5.35. The highest BCUT2D eigenvalue weighted by Gasteiger charge is 2.19. The van der Waals surface area contributed by atoms with Gasteiger partial charge in [-0.25, -0.2) is 0 Å². The van der Waals surface area contributed by atoms with E-state index in [1.165, 1.54) is 58.0 Å². The summed E-state index contributed by atoms with van der Waals surface area (Å²) in [4.78, 5) is 7.26. The zero-order valence-corrected chi connectivity index (χ0v) is 17.6. The second-order valence-corrected chi connectivity index (χ2v) is 7.40. The number of halogens is 1. The molecule has 23 heavy (non-hydrogen) atoms. The van der Waals surface area contributed by atoms with Crippen LogP contribution in [0.2, 0.25) is 0 Å². The van der Waals surface area contributed by atoms with E-state index in [1.807, 2.05) is 0 Å². The zero-order valence-electron chi connectivity index (χ0n) is 15.3. The third kappa shape index (κ3) is 8.05. The predicted molar refractivity (Wildman–Crippen MR) is 111 cm³/mol. The predicted octanol–water partition coefficient (Wildman–Crippen LogP) is 3.47. The van der Waals surface area contributed by atoms with E-state index < -0.39 is 0 Å². The quantitative estimate of drug-likeness (QED) is 0.394. The van der Waals surface area contributed by atoms with Crippen molar-refractivity contribution in [3.8, 4) is 0 Å². The Morgan fingerprint density at radius 3 is 2.35 bits per heavy atom. The maximum absolute atomic E-state index is 4.82. The minimum absolute atomic E-state index is 0. The van der Waals surface area contributed by atoms with Gasteiger partial charge in [-0.05, 0) is 83.8 Å². The molecule has 0 aromatic rings. The highest BCUT2D eigenvalue weighted by Crippen LogP contribution is 2.23. The highest BCUT2D eigenvalue weighted by molar-refractivity contribution is 14.0. The maximum Gasteiger partial charge on any atom is 0.191 e. The number of rotatable bonds is 5. The van der Waals surface area contributed by atoms with Crippen molar-refractivity contribution < 1.29 is 0 Å². The lowest BCUT2D eigenvalue weighted by Crippen LogP contribution is -2.44. The van der Waals surface area contributed by atoms with Crippen LogP contribution in [-0.2, 0) is 0 Å². The number of aliphatic imine (C=N–C) groups is 1. The maximum atomic E-state index is 4.82. The van der Waals surface area contributed by atoms with Gasteiger partial charge in [-0.3, -0.25) is 4.99 Å². The fourth-order valence-electron chi connectivity index (χ4n) is 3.63. The van der Waals surface area contributed by atoms with Crippen LogP contribution in [0, 0.1) is 11.8 Å². The first-order valence-corrected chi connectivity index (χ1v) is 9.40. The molecule has 0 amide bonds. The summed E-state index contributed by atoms with van der Waals surface area (Å²) in [5, 5.41) is 7.07. The molecule has 1 aliphatic heterocycles. The van der Waals surface area contributed by atoms with Gasteiger partial charge in [-0.15, -0.1) is 24.0 Å². The highest BCUT2D eigenvalue weighted by atomic mass is 127. The monoisotopic (exact) mass is 436 g/mol. The molecular weight excluding hydrogens is 399 g/mol. The fourth-order valence-corrected chi connectivity index (χ4v) is 3.63. The smallest absolute Gasteiger partial charge is 0.191 e. The van der Waals surface area contributed by atoms with Gasteiger partial charge < -0.3 is 15.5 Å². The van der Waals surface area contributed by atoms with E-state index >= 15 is 0 Å². The summed E-state index contributed by atoms with van der Waals surface area (Å²) in [6.07, 6.45) is 9.22. The van der Waals surface area contributed by atoms with Crippen molar-refractivity contribution >= 4 is 29.9 Å². The minimum Gasteiger partial charge on any atom is -0.357 e. The summed E-state index contributed by atoms with van der Waals surface area (Å²) >= 11 is 0. The number of hydrogen-bond donors (Lipinski definition) is 2. The van der Waals surface area contributed by atoms with Crippen molar-refractivity contribution in [2.45, 2.75) is 64.8 Å². The Balaban J connectivity index is 0.00000264. The standard InChI is InChI=1S/C18H36N4.HI/c1-4-19-18(21-17-7-5-15(2)6-8-17)20-12-9-16-10-13-22(3)14-11-16;/h15-17H,4-14H2,1-3H3,(H2,19,20,21);1H. The molecule has 2 fully saturated rings. The minimum atomic E-state index is 0. The molecule has 5 heteroatoms. The molecule has 0 atom stereocenters. The zero-order chi connectivity index (χ0) is 15.8. The normalized spacial score (nSPS) is 27.3. The molecule has 1 saturated heterocycles. The van der Waals surface area contributed by atoms with Gasteiger partial charge in [0.2, 0.25) is 0 Å². The molecule has 0 spiro atoms. The molecular formula is C18H37IN4. The molecule has 1 aliphatic carbocycles. The molecule has 0 radical (unpaired) electrons. The molecule has 136 valence electrons. The van der Waals surface area contributed by atoms with Gasteiger partial charge in [0, 0.05) is 19.1 Å². The SMILES string of the molecule is CCNC(=NCCC1CCN(C)CC1)NC1CCC(C)CC1.I. The molecule has 1 saturated carbocycles. The van der Waals surface area contributed by atoms with E-state index in [0.717, 1.165) is 30.9 Å². The molecule has 2 rings (SSSR count). The van der Waals surface area contributed by atoms with E-state index in [2.05, 4.69) is 36.4 Å². The van der Waals surface area contributed by atoms with Crippen LogP contribution in [0.5, 0.6) is 0 Å². The van der Waals surface area contributed by atoms with E-state index in [4.69, 9.17) is 4.99 Å². The average molecular weight is 436 g/mol. The van der Waals surface area contributed by atoms with Crippen LogP contribution >= 0.6 is 24.0 Å². The van der Waals surface area contributed by atoms with Crippen molar-refractivity contribution in [1.29, 1.82) is 0 Å². The number of hydrogen-bond acceptors (Lipinski definition) is 2. The van der Waals surface area contributed by atoms with Gasteiger partial charge >= 0.3 is 0 Å².